The summed E-state index contributed by atoms with van der Waals surface area (Å²) in [5.41, 5.74) is 11.0. The molecule has 3 N–H and O–H groups in total. The van der Waals surface area contributed by atoms with Gasteiger partial charge in [0.25, 0.3) is 0 Å². The smallest absolute Gasteiger partial charge is 0.124 e. The normalized spacial score (nSPS) is 10.2. The molecule has 4 nitrogen and oxygen atoms in total. The zero-order valence-corrected chi connectivity index (χ0v) is 15.4. The van der Waals surface area contributed by atoms with E-state index in [1.807, 2.05) is 30.5 Å². The van der Waals surface area contributed by atoms with Gasteiger partial charge in [-0.2, -0.15) is 5.10 Å². The number of rotatable bonds is 3. The third-order valence-corrected chi connectivity index (χ3v) is 4.17. The van der Waals surface area contributed by atoms with Crippen LogP contribution in [0.25, 0.3) is 22.4 Å². The molecule has 0 bridgehead atoms. The number of thiol groups is 1. The number of aromatic amines is 1. The molecule has 0 radical (unpaired) electrons. The molecule has 0 aliphatic rings. The summed E-state index contributed by atoms with van der Waals surface area (Å²) in [5, 5.41) is 7.21. The molecule has 136 valence electrons. The molecule has 27 heavy (non-hydrogen) atoms. The lowest BCUT2D eigenvalue weighted by atomic mass is 10.0. The van der Waals surface area contributed by atoms with Gasteiger partial charge in [0.2, 0.25) is 0 Å². The van der Waals surface area contributed by atoms with Gasteiger partial charge in [0.05, 0.1) is 11.9 Å². The number of nitrogens with one attached hydrogen (secondary N) is 1. The molecule has 4 rings (SSSR count). The second-order valence-corrected chi connectivity index (χ2v) is 6.30. The highest BCUT2D eigenvalue weighted by Gasteiger charge is 2.09. The number of H-pyrrole nitrogens is 1. The van der Waals surface area contributed by atoms with Gasteiger partial charge in [0.15, 0.2) is 0 Å². The topological polar surface area (TPSA) is 67.6 Å². The van der Waals surface area contributed by atoms with E-state index >= 15 is 0 Å². The van der Waals surface area contributed by atoms with Crippen molar-refractivity contribution in [2.75, 3.05) is 0 Å². The zero-order chi connectivity index (χ0) is 19.1. The zero-order valence-electron chi connectivity index (χ0n) is 14.5. The molecule has 0 saturated heterocycles. The van der Waals surface area contributed by atoms with Crippen LogP contribution in [0, 0.1) is 5.82 Å². The average molecular weight is 378 g/mol. The van der Waals surface area contributed by atoms with Gasteiger partial charge in [-0.15, -0.1) is 12.6 Å². The van der Waals surface area contributed by atoms with E-state index < -0.39 is 0 Å². The number of benzene rings is 2. The van der Waals surface area contributed by atoms with Gasteiger partial charge in [0.1, 0.15) is 5.82 Å². The minimum atomic E-state index is -0.238. The third-order valence-electron chi connectivity index (χ3n) is 3.89. The lowest BCUT2D eigenvalue weighted by molar-refractivity contribution is 0.624. The Morgan fingerprint density at radius 1 is 0.963 bits per heavy atom. The largest absolute Gasteiger partial charge is 0.326 e. The quantitative estimate of drug-likeness (QED) is 0.452. The molecule has 0 aliphatic heterocycles. The Bertz CT molecular complexity index is 985. The molecule has 4 aromatic rings. The van der Waals surface area contributed by atoms with Crippen molar-refractivity contribution in [3.63, 3.8) is 0 Å². The van der Waals surface area contributed by atoms with Crippen molar-refractivity contribution in [1.29, 1.82) is 0 Å². The summed E-state index contributed by atoms with van der Waals surface area (Å²) in [6.45, 7) is 0.534. The van der Waals surface area contributed by atoms with Crippen LogP contribution in [0.1, 0.15) is 5.56 Å². The van der Waals surface area contributed by atoms with Crippen molar-refractivity contribution in [1.82, 2.24) is 15.2 Å². The first kappa shape index (κ1) is 18.8. The summed E-state index contributed by atoms with van der Waals surface area (Å²) in [4.78, 5) is 4.70. The maximum absolute atomic E-state index is 12.1. The van der Waals surface area contributed by atoms with Crippen molar-refractivity contribution in [3.8, 4) is 22.4 Å². The summed E-state index contributed by atoms with van der Waals surface area (Å²) in [6, 6.07) is 18.2. The summed E-state index contributed by atoms with van der Waals surface area (Å²) >= 11 is 3.91. The molecule has 6 heteroatoms. The number of halogens is 1. The number of nitrogens with zero attached hydrogens (tertiary/aromatic N) is 2. The number of pyridine rings is 1. The van der Waals surface area contributed by atoms with Crippen LogP contribution in [-0.2, 0) is 6.54 Å². The van der Waals surface area contributed by atoms with Gasteiger partial charge < -0.3 is 5.73 Å². The predicted octanol–water partition coefficient (Wildman–Crippen LogP) is 4.71. The van der Waals surface area contributed by atoms with Gasteiger partial charge in [-0.1, -0.05) is 24.3 Å². The maximum Gasteiger partial charge on any atom is 0.124 e. The van der Waals surface area contributed by atoms with Crippen molar-refractivity contribution in [2.45, 2.75) is 11.4 Å². The molecule has 2 heterocycles. The molecule has 0 aliphatic carbocycles. The first-order valence-electron chi connectivity index (χ1n) is 8.35. The fourth-order valence-electron chi connectivity index (χ4n) is 2.59. The minimum absolute atomic E-state index is 0.238. The lowest BCUT2D eigenvalue weighted by Crippen LogP contribution is -1.96. The summed E-state index contributed by atoms with van der Waals surface area (Å²) in [5.74, 6) is -0.238. The summed E-state index contributed by atoms with van der Waals surface area (Å²) in [7, 11) is 0. The molecule has 0 saturated carbocycles. The third kappa shape index (κ3) is 5.03. The van der Waals surface area contributed by atoms with Crippen LogP contribution in [0.4, 0.5) is 4.39 Å². The molecule has 0 atom stereocenters. The number of aromatic nitrogens is 3. The van der Waals surface area contributed by atoms with E-state index in [0.29, 0.717) is 11.4 Å². The van der Waals surface area contributed by atoms with Gasteiger partial charge in [-0.25, -0.2) is 4.39 Å². The Morgan fingerprint density at radius 3 is 2.41 bits per heavy atom. The second-order valence-electron chi connectivity index (χ2n) is 5.78. The standard InChI is InChI=1S/C15H14N4.C6H5FS/c16-9-11-2-1-3-13(8-11)15-14(10-18-19-15)12-4-6-17-7-5-12;7-5-2-1-3-6(8)4-5/h1-8,10H,9,16H2,(H,18,19);1-4,8H. The van der Waals surface area contributed by atoms with Crippen LogP contribution < -0.4 is 5.73 Å². The van der Waals surface area contributed by atoms with E-state index in [0.717, 1.165) is 27.9 Å². The molecule has 0 unspecified atom stereocenters. The lowest BCUT2D eigenvalue weighted by Gasteiger charge is -2.05. The van der Waals surface area contributed by atoms with Gasteiger partial charge in [-0.3, -0.25) is 10.1 Å². The fraction of sp³-hybridized carbons (Fsp3) is 0.0476. The molecule has 2 aromatic heterocycles. The summed E-state index contributed by atoms with van der Waals surface area (Å²) < 4.78 is 12.1. The van der Waals surface area contributed by atoms with Crippen LogP contribution in [0.3, 0.4) is 0 Å². The van der Waals surface area contributed by atoms with Crippen LogP contribution >= 0.6 is 12.6 Å². The highest BCUT2D eigenvalue weighted by Crippen LogP contribution is 2.29. The van der Waals surface area contributed by atoms with Crippen LogP contribution in [0.5, 0.6) is 0 Å². The fourth-order valence-corrected chi connectivity index (χ4v) is 2.80. The van der Waals surface area contributed by atoms with E-state index in [1.165, 1.54) is 12.1 Å². The monoisotopic (exact) mass is 378 g/mol. The minimum Gasteiger partial charge on any atom is -0.326 e. The van der Waals surface area contributed by atoms with Gasteiger partial charge >= 0.3 is 0 Å². The highest BCUT2D eigenvalue weighted by atomic mass is 32.1. The van der Waals surface area contributed by atoms with E-state index in [4.69, 9.17) is 5.73 Å². The average Bonchev–Trinajstić information content (AvgIpc) is 3.19. The van der Waals surface area contributed by atoms with Crippen LogP contribution in [0.2, 0.25) is 0 Å². The highest BCUT2D eigenvalue weighted by molar-refractivity contribution is 7.80. The predicted molar refractivity (Wildman–Crippen MR) is 109 cm³/mol. The Morgan fingerprint density at radius 2 is 1.74 bits per heavy atom. The van der Waals surface area contributed by atoms with E-state index in [2.05, 4.69) is 39.9 Å². The second kappa shape index (κ2) is 9.12. The van der Waals surface area contributed by atoms with Crippen LogP contribution in [0.15, 0.2) is 84.1 Å². The van der Waals surface area contributed by atoms with Crippen molar-refractivity contribution >= 4 is 12.6 Å². The van der Waals surface area contributed by atoms with Gasteiger partial charge in [-0.05, 0) is 47.5 Å². The van der Waals surface area contributed by atoms with Gasteiger partial charge in [0, 0.05) is 35.0 Å². The van der Waals surface area contributed by atoms with E-state index in [9.17, 15) is 4.39 Å². The Labute approximate surface area is 162 Å². The Kier molecular flexibility index (Phi) is 6.35. The first-order chi connectivity index (χ1) is 13.2. The van der Waals surface area contributed by atoms with E-state index in [-0.39, 0.29) is 5.82 Å². The van der Waals surface area contributed by atoms with E-state index in [1.54, 1.807) is 24.5 Å². The van der Waals surface area contributed by atoms with Crippen molar-refractivity contribution in [3.05, 3.63) is 90.6 Å². The SMILES string of the molecule is Fc1cccc(S)c1.NCc1cccc(-c2[nH]ncc2-c2ccncc2)c1. The maximum atomic E-state index is 12.1. The van der Waals surface area contributed by atoms with Crippen LogP contribution in [-0.4, -0.2) is 15.2 Å². The summed E-state index contributed by atoms with van der Waals surface area (Å²) in [6.07, 6.45) is 5.39. The molecule has 2 aromatic carbocycles. The molecular weight excluding hydrogens is 359 g/mol. The van der Waals surface area contributed by atoms with Crippen molar-refractivity contribution < 1.29 is 4.39 Å². The number of nitrogens with two attached hydrogens (primary N) is 1. The molecule has 0 spiro atoms. The molecular formula is C21H19FN4S. The number of hydrogen-bond acceptors (Lipinski definition) is 4. The molecule has 0 amide bonds. The molecule has 0 fully saturated rings. The first-order valence-corrected chi connectivity index (χ1v) is 8.80. The Hall–Kier alpha value is -2.96. The number of hydrogen-bond donors (Lipinski definition) is 3. The Balaban J connectivity index is 0.000000221. The van der Waals surface area contributed by atoms with Crippen molar-refractivity contribution in [2.24, 2.45) is 5.73 Å².